The quantitative estimate of drug-likeness (QED) is 0.850. The van der Waals surface area contributed by atoms with Gasteiger partial charge >= 0.3 is 0 Å². The lowest BCUT2D eigenvalue weighted by Crippen LogP contribution is -2.36. The van der Waals surface area contributed by atoms with Crippen molar-refractivity contribution in [2.24, 2.45) is 0 Å². The van der Waals surface area contributed by atoms with Crippen molar-refractivity contribution in [2.45, 2.75) is 64.8 Å². The predicted molar refractivity (Wildman–Crippen MR) is 106 cm³/mol. The molecule has 1 amide bonds. The average molecular weight is 382 g/mol. The molecular weight excluding hydrogens is 356 g/mol. The van der Waals surface area contributed by atoms with Gasteiger partial charge < -0.3 is 14.9 Å². The molecule has 0 bridgehead atoms. The number of nitrogens with one attached hydrogen (secondary N) is 2. The largest absolute Gasteiger partial charge is 0.328 e. The lowest BCUT2D eigenvalue weighted by atomic mass is 9.95. The summed E-state index contributed by atoms with van der Waals surface area (Å²) in [5, 5.41) is 0. The Morgan fingerprint density at radius 1 is 1.18 bits per heavy atom. The number of fused-ring (bicyclic) bond motifs is 1. The molecule has 7 heteroatoms. The van der Waals surface area contributed by atoms with Gasteiger partial charge in [0.1, 0.15) is 11.4 Å². The van der Waals surface area contributed by atoms with E-state index in [0.717, 1.165) is 49.8 Å². The van der Waals surface area contributed by atoms with Gasteiger partial charge in [0.25, 0.3) is 17.0 Å². The number of hydrogen-bond acceptors (Lipinski definition) is 4. The Hall–Kier alpha value is -2.70. The molecule has 2 aromatic rings. The molecule has 0 radical (unpaired) electrons. The number of H-pyrrole nitrogens is 2. The van der Waals surface area contributed by atoms with E-state index in [1.54, 1.807) is 11.0 Å². The van der Waals surface area contributed by atoms with Gasteiger partial charge in [-0.25, -0.2) is 4.98 Å². The fourth-order valence-corrected chi connectivity index (χ4v) is 4.49. The summed E-state index contributed by atoms with van der Waals surface area (Å²) in [7, 11) is 0. The fourth-order valence-electron chi connectivity index (χ4n) is 4.49. The minimum absolute atomic E-state index is 0.143. The van der Waals surface area contributed by atoms with E-state index in [-0.39, 0.29) is 28.6 Å². The highest BCUT2D eigenvalue weighted by Gasteiger charge is 2.34. The monoisotopic (exact) mass is 382 g/mol. The van der Waals surface area contributed by atoms with Crippen molar-refractivity contribution in [1.29, 1.82) is 0 Å². The van der Waals surface area contributed by atoms with Crippen molar-refractivity contribution >= 4 is 5.91 Å². The number of carbonyl (C=O) groups excluding carboxylic acids is 1. The number of aromatic amines is 2. The maximum atomic E-state index is 13.2. The molecule has 2 aromatic heterocycles. The van der Waals surface area contributed by atoms with Gasteiger partial charge in [0.05, 0.1) is 6.04 Å². The second kappa shape index (κ2) is 7.37. The SMILES string of the molecule is CCc1c(C)nc([C@H]2CCCN2C(=O)c2cc3c([nH]c2=O)CCCC3)[nH]c1=O. The van der Waals surface area contributed by atoms with Gasteiger partial charge in [-0.2, -0.15) is 0 Å². The van der Waals surface area contributed by atoms with Gasteiger partial charge in [-0.1, -0.05) is 6.92 Å². The number of hydrogen-bond donors (Lipinski definition) is 2. The molecule has 1 aliphatic heterocycles. The number of amides is 1. The van der Waals surface area contributed by atoms with Crippen LogP contribution in [0.2, 0.25) is 0 Å². The minimum Gasteiger partial charge on any atom is -0.328 e. The average Bonchev–Trinajstić information content (AvgIpc) is 3.16. The van der Waals surface area contributed by atoms with E-state index in [2.05, 4.69) is 15.0 Å². The van der Waals surface area contributed by atoms with Crippen LogP contribution in [0.3, 0.4) is 0 Å². The van der Waals surface area contributed by atoms with E-state index in [0.29, 0.717) is 30.0 Å². The van der Waals surface area contributed by atoms with Gasteiger partial charge in [0.15, 0.2) is 0 Å². The summed E-state index contributed by atoms with van der Waals surface area (Å²) < 4.78 is 0. The maximum absolute atomic E-state index is 13.2. The first-order valence-electron chi connectivity index (χ1n) is 10.1. The first-order chi connectivity index (χ1) is 13.5. The number of pyridine rings is 1. The van der Waals surface area contributed by atoms with Crippen LogP contribution in [0.1, 0.15) is 77.3 Å². The van der Waals surface area contributed by atoms with Crippen molar-refractivity contribution in [3.05, 3.63) is 60.7 Å². The van der Waals surface area contributed by atoms with Crippen LogP contribution in [-0.4, -0.2) is 32.3 Å². The Bertz CT molecular complexity index is 1040. The maximum Gasteiger partial charge on any atom is 0.261 e. The summed E-state index contributed by atoms with van der Waals surface area (Å²) in [6, 6.07) is 1.47. The Morgan fingerprint density at radius 3 is 2.71 bits per heavy atom. The normalized spacial score (nSPS) is 18.9. The fraction of sp³-hybridized carbons (Fsp3) is 0.524. The Balaban J connectivity index is 1.68. The second-order valence-corrected chi connectivity index (χ2v) is 7.75. The van der Waals surface area contributed by atoms with Gasteiger partial charge in [0.2, 0.25) is 0 Å². The summed E-state index contributed by atoms with van der Waals surface area (Å²) in [5.41, 5.74) is 3.13. The van der Waals surface area contributed by atoms with Crippen molar-refractivity contribution < 1.29 is 4.79 Å². The zero-order valence-corrected chi connectivity index (χ0v) is 16.4. The first kappa shape index (κ1) is 18.7. The van der Waals surface area contributed by atoms with Crippen LogP contribution in [0, 0.1) is 6.92 Å². The molecular formula is C21H26N4O3. The zero-order chi connectivity index (χ0) is 19.8. The summed E-state index contributed by atoms with van der Waals surface area (Å²) >= 11 is 0. The molecule has 4 rings (SSSR count). The lowest BCUT2D eigenvalue weighted by molar-refractivity contribution is 0.0727. The molecule has 1 fully saturated rings. The van der Waals surface area contributed by atoms with Crippen LogP contribution in [0.4, 0.5) is 0 Å². The van der Waals surface area contributed by atoms with Crippen LogP contribution in [-0.2, 0) is 19.3 Å². The topological polar surface area (TPSA) is 98.9 Å². The minimum atomic E-state index is -0.324. The van der Waals surface area contributed by atoms with E-state index < -0.39 is 0 Å². The summed E-state index contributed by atoms with van der Waals surface area (Å²) in [5.74, 6) is 0.233. The van der Waals surface area contributed by atoms with Crippen LogP contribution in [0.15, 0.2) is 15.7 Å². The molecule has 0 unspecified atom stereocenters. The van der Waals surface area contributed by atoms with Gasteiger partial charge in [0, 0.05) is 23.5 Å². The zero-order valence-electron chi connectivity index (χ0n) is 16.4. The van der Waals surface area contributed by atoms with Crippen LogP contribution in [0.5, 0.6) is 0 Å². The van der Waals surface area contributed by atoms with E-state index in [4.69, 9.17) is 0 Å². The lowest BCUT2D eigenvalue weighted by Gasteiger charge is -2.25. The smallest absolute Gasteiger partial charge is 0.261 e. The van der Waals surface area contributed by atoms with E-state index >= 15 is 0 Å². The van der Waals surface area contributed by atoms with E-state index in [1.165, 1.54) is 0 Å². The van der Waals surface area contributed by atoms with Crippen molar-refractivity contribution in [1.82, 2.24) is 19.9 Å². The number of aromatic nitrogens is 3. The number of carbonyl (C=O) groups is 1. The first-order valence-corrected chi connectivity index (χ1v) is 10.1. The summed E-state index contributed by atoms with van der Waals surface area (Å²) in [6.07, 6.45) is 6.05. The third-order valence-corrected chi connectivity index (χ3v) is 5.99. The van der Waals surface area contributed by atoms with Gasteiger partial charge in [-0.15, -0.1) is 0 Å². The van der Waals surface area contributed by atoms with Crippen molar-refractivity contribution in [3.63, 3.8) is 0 Å². The molecule has 1 atom stereocenters. The van der Waals surface area contributed by atoms with Crippen LogP contribution in [0.25, 0.3) is 0 Å². The molecule has 28 heavy (non-hydrogen) atoms. The third kappa shape index (κ3) is 3.19. The highest BCUT2D eigenvalue weighted by Crippen LogP contribution is 2.31. The van der Waals surface area contributed by atoms with Gasteiger partial charge in [-0.3, -0.25) is 14.4 Å². The van der Waals surface area contributed by atoms with Crippen LogP contribution < -0.4 is 11.1 Å². The van der Waals surface area contributed by atoms with E-state index in [1.807, 2.05) is 13.8 Å². The predicted octanol–water partition coefficient (Wildman–Crippen LogP) is 2.19. The highest BCUT2D eigenvalue weighted by molar-refractivity contribution is 5.94. The molecule has 1 saturated heterocycles. The molecule has 148 valence electrons. The number of rotatable bonds is 3. The van der Waals surface area contributed by atoms with Crippen LogP contribution >= 0.6 is 0 Å². The molecule has 3 heterocycles. The molecule has 0 aromatic carbocycles. The molecule has 1 aliphatic carbocycles. The van der Waals surface area contributed by atoms with E-state index in [9.17, 15) is 14.4 Å². The summed E-state index contributed by atoms with van der Waals surface area (Å²) in [4.78, 5) is 50.2. The number of nitrogens with zero attached hydrogens (tertiary/aromatic N) is 2. The third-order valence-electron chi connectivity index (χ3n) is 5.99. The summed E-state index contributed by atoms with van der Waals surface area (Å²) in [6.45, 7) is 4.30. The number of aryl methyl sites for hydroxylation is 3. The number of likely N-dealkylation sites (tertiary alicyclic amines) is 1. The second-order valence-electron chi connectivity index (χ2n) is 7.75. The van der Waals surface area contributed by atoms with Crippen molar-refractivity contribution in [2.75, 3.05) is 6.54 Å². The van der Waals surface area contributed by atoms with Crippen molar-refractivity contribution in [3.8, 4) is 0 Å². The Morgan fingerprint density at radius 2 is 1.96 bits per heavy atom. The highest BCUT2D eigenvalue weighted by atomic mass is 16.2. The standard InChI is InChI=1S/C21H26N4O3/c1-3-14-12(2)22-18(24-19(14)26)17-9-6-10-25(17)21(28)15-11-13-7-4-5-8-16(13)23-20(15)27/h11,17H,3-10H2,1-2H3,(H,23,27)(H,22,24,26)/t17-/m1/s1. The molecule has 2 aliphatic rings. The molecule has 2 N–H and O–H groups in total. The van der Waals surface area contributed by atoms with Gasteiger partial charge in [-0.05, 0) is 63.5 Å². The molecule has 0 spiro atoms. The molecule has 7 nitrogen and oxygen atoms in total. The Labute approximate surface area is 163 Å². The Kier molecular flexibility index (Phi) is 4.91. The molecule has 0 saturated carbocycles.